The van der Waals surface area contributed by atoms with E-state index in [0.29, 0.717) is 11.4 Å². The van der Waals surface area contributed by atoms with E-state index in [4.69, 9.17) is 5.73 Å². The van der Waals surface area contributed by atoms with Crippen LogP contribution in [0.2, 0.25) is 0 Å². The summed E-state index contributed by atoms with van der Waals surface area (Å²) in [7, 11) is 0. The molecule has 2 nitrogen and oxygen atoms in total. The van der Waals surface area contributed by atoms with Crippen molar-refractivity contribution in [3.8, 4) is 0 Å². The van der Waals surface area contributed by atoms with Gasteiger partial charge in [-0.25, -0.2) is 9.37 Å². The Morgan fingerprint density at radius 2 is 1.94 bits per heavy atom. The van der Waals surface area contributed by atoms with Crippen molar-refractivity contribution in [3.63, 3.8) is 0 Å². The van der Waals surface area contributed by atoms with Crippen LogP contribution in [0.5, 0.6) is 0 Å². The van der Waals surface area contributed by atoms with Gasteiger partial charge in [0.25, 0.3) is 0 Å². The molecule has 2 aromatic rings. The summed E-state index contributed by atoms with van der Waals surface area (Å²) in [6.07, 6.45) is 0. The Kier molecular flexibility index (Phi) is 3.87. The van der Waals surface area contributed by atoms with Gasteiger partial charge in [-0.05, 0) is 55.3 Å². The average molecular weight is 262 g/mol. The second-order valence-corrected chi connectivity index (χ2v) is 5.30. The maximum Gasteiger partial charge on any atom is 0.125 e. The lowest BCUT2D eigenvalue weighted by molar-refractivity contribution is 0.627. The maximum atomic E-state index is 13.2. The first-order valence-corrected chi connectivity index (χ1v) is 6.64. The lowest BCUT2D eigenvalue weighted by Gasteiger charge is -2.05. The Morgan fingerprint density at radius 1 is 1.17 bits per heavy atom. The fourth-order valence-corrected chi connectivity index (χ4v) is 2.75. The van der Waals surface area contributed by atoms with Gasteiger partial charge in [0.05, 0.1) is 5.03 Å². The zero-order valence-electron chi connectivity index (χ0n) is 10.4. The number of nitrogens with two attached hydrogens (primary N) is 1. The number of hydrogen-bond acceptors (Lipinski definition) is 3. The molecule has 0 saturated heterocycles. The van der Waals surface area contributed by atoms with Gasteiger partial charge in [-0.1, -0.05) is 0 Å². The molecule has 1 aromatic carbocycles. The quantitative estimate of drug-likeness (QED) is 0.677. The third-order valence-electron chi connectivity index (χ3n) is 2.44. The first-order valence-electron chi connectivity index (χ1n) is 5.66. The molecule has 18 heavy (non-hydrogen) atoms. The van der Waals surface area contributed by atoms with Gasteiger partial charge in [-0.3, -0.25) is 0 Å². The van der Waals surface area contributed by atoms with E-state index in [1.807, 2.05) is 26.0 Å². The van der Waals surface area contributed by atoms with Gasteiger partial charge in [0, 0.05) is 17.1 Å². The number of nitrogens with zero attached hydrogens (tertiary/aromatic N) is 1. The molecule has 4 heteroatoms. The molecule has 0 spiro atoms. The van der Waals surface area contributed by atoms with Crippen LogP contribution in [0.3, 0.4) is 0 Å². The molecule has 0 bridgehead atoms. The minimum absolute atomic E-state index is 0.293. The fraction of sp³-hybridized carbons (Fsp3) is 0.214. The SMILES string of the molecule is Cc1cc(C)nc(SCc2cc(N)cc(F)c2)c1. The Labute approximate surface area is 110 Å². The van der Waals surface area contributed by atoms with Crippen molar-refractivity contribution in [2.75, 3.05) is 5.73 Å². The normalized spacial score (nSPS) is 10.6. The number of halogens is 1. The highest BCUT2D eigenvalue weighted by Crippen LogP contribution is 2.23. The van der Waals surface area contributed by atoms with Gasteiger partial charge in [-0.2, -0.15) is 0 Å². The third kappa shape index (κ3) is 3.47. The second-order valence-electron chi connectivity index (χ2n) is 4.31. The summed E-state index contributed by atoms with van der Waals surface area (Å²) in [6, 6.07) is 8.68. The van der Waals surface area contributed by atoms with E-state index in [1.54, 1.807) is 17.8 Å². The predicted molar refractivity (Wildman–Crippen MR) is 74.1 cm³/mol. The molecule has 0 unspecified atom stereocenters. The summed E-state index contributed by atoms with van der Waals surface area (Å²) in [4.78, 5) is 4.43. The van der Waals surface area contributed by atoms with Crippen molar-refractivity contribution in [2.45, 2.75) is 24.6 Å². The predicted octanol–water partition coefficient (Wildman–Crippen LogP) is 3.71. The molecule has 0 aliphatic rings. The van der Waals surface area contributed by atoms with Gasteiger partial charge in [-0.15, -0.1) is 11.8 Å². The second kappa shape index (κ2) is 5.40. The van der Waals surface area contributed by atoms with Crippen LogP contribution in [0, 0.1) is 19.7 Å². The van der Waals surface area contributed by atoms with Crippen LogP contribution in [0.15, 0.2) is 35.4 Å². The number of pyridine rings is 1. The van der Waals surface area contributed by atoms with E-state index in [9.17, 15) is 4.39 Å². The largest absolute Gasteiger partial charge is 0.399 e. The highest BCUT2D eigenvalue weighted by Gasteiger charge is 2.02. The zero-order valence-corrected chi connectivity index (χ0v) is 11.2. The van der Waals surface area contributed by atoms with Crippen molar-refractivity contribution in [3.05, 3.63) is 53.0 Å². The molecule has 0 fully saturated rings. The van der Waals surface area contributed by atoms with E-state index in [-0.39, 0.29) is 5.82 Å². The number of hydrogen-bond donors (Lipinski definition) is 1. The van der Waals surface area contributed by atoms with Crippen molar-refractivity contribution < 1.29 is 4.39 Å². The maximum absolute atomic E-state index is 13.2. The minimum Gasteiger partial charge on any atom is -0.399 e. The highest BCUT2D eigenvalue weighted by molar-refractivity contribution is 7.98. The van der Waals surface area contributed by atoms with Gasteiger partial charge in [0.2, 0.25) is 0 Å². The minimum atomic E-state index is -0.293. The van der Waals surface area contributed by atoms with Crippen molar-refractivity contribution >= 4 is 17.4 Å². The van der Waals surface area contributed by atoms with Crippen molar-refractivity contribution in [2.24, 2.45) is 0 Å². The number of aryl methyl sites for hydroxylation is 2. The molecule has 0 aliphatic heterocycles. The molecule has 0 aliphatic carbocycles. The standard InChI is InChI=1S/C14H15FN2S/c1-9-3-10(2)17-14(4-9)18-8-11-5-12(15)7-13(16)6-11/h3-7H,8,16H2,1-2H3. The Balaban J connectivity index is 2.11. The number of benzene rings is 1. The van der Waals surface area contributed by atoms with Crippen LogP contribution in [0.4, 0.5) is 10.1 Å². The van der Waals surface area contributed by atoms with Crippen molar-refractivity contribution in [1.29, 1.82) is 0 Å². The molecule has 0 radical (unpaired) electrons. The van der Waals surface area contributed by atoms with Crippen LogP contribution in [-0.4, -0.2) is 4.98 Å². The fourth-order valence-electron chi connectivity index (χ4n) is 1.79. The van der Waals surface area contributed by atoms with E-state index in [0.717, 1.165) is 16.3 Å². The lowest BCUT2D eigenvalue weighted by atomic mass is 10.2. The molecular formula is C14H15FN2S. The average Bonchev–Trinajstić information content (AvgIpc) is 2.23. The molecule has 0 saturated carbocycles. The van der Waals surface area contributed by atoms with E-state index in [2.05, 4.69) is 4.98 Å². The molecule has 2 rings (SSSR count). The summed E-state index contributed by atoms with van der Waals surface area (Å²) < 4.78 is 13.2. The van der Waals surface area contributed by atoms with Crippen LogP contribution in [0.25, 0.3) is 0 Å². The molecule has 0 atom stereocenters. The summed E-state index contributed by atoms with van der Waals surface area (Å²) in [5.74, 6) is 0.372. The zero-order chi connectivity index (χ0) is 13.1. The van der Waals surface area contributed by atoms with Gasteiger partial charge in [0.15, 0.2) is 0 Å². The smallest absolute Gasteiger partial charge is 0.125 e. The van der Waals surface area contributed by atoms with Gasteiger partial charge < -0.3 is 5.73 Å². The summed E-state index contributed by atoms with van der Waals surface area (Å²) >= 11 is 1.59. The first-order chi connectivity index (χ1) is 8.52. The van der Waals surface area contributed by atoms with Crippen LogP contribution >= 0.6 is 11.8 Å². The van der Waals surface area contributed by atoms with Crippen LogP contribution in [0.1, 0.15) is 16.8 Å². The molecule has 1 aromatic heterocycles. The number of aromatic nitrogens is 1. The van der Waals surface area contributed by atoms with E-state index < -0.39 is 0 Å². The highest BCUT2D eigenvalue weighted by atomic mass is 32.2. The topological polar surface area (TPSA) is 38.9 Å². The van der Waals surface area contributed by atoms with E-state index in [1.165, 1.54) is 17.7 Å². The Morgan fingerprint density at radius 3 is 2.61 bits per heavy atom. The summed E-state index contributed by atoms with van der Waals surface area (Å²) in [5, 5.41) is 0.954. The molecular weight excluding hydrogens is 247 g/mol. The van der Waals surface area contributed by atoms with E-state index >= 15 is 0 Å². The van der Waals surface area contributed by atoms with Crippen LogP contribution in [-0.2, 0) is 5.75 Å². The van der Waals surface area contributed by atoms with Crippen LogP contribution < -0.4 is 5.73 Å². The molecule has 94 valence electrons. The number of anilines is 1. The third-order valence-corrected chi connectivity index (χ3v) is 3.42. The number of thioether (sulfide) groups is 1. The molecule has 2 N–H and O–H groups in total. The molecule has 1 heterocycles. The Bertz CT molecular complexity index is 478. The Hall–Kier alpha value is -1.55. The van der Waals surface area contributed by atoms with Gasteiger partial charge >= 0.3 is 0 Å². The number of nitrogen functional groups attached to an aromatic ring is 1. The summed E-state index contributed by atoms with van der Waals surface area (Å²) in [5.41, 5.74) is 9.12. The number of rotatable bonds is 3. The van der Waals surface area contributed by atoms with Crippen molar-refractivity contribution in [1.82, 2.24) is 4.98 Å². The monoisotopic (exact) mass is 262 g/mol. The van der Waals surface area contributed by atoms with Gasteiger partial charge in [0.1, 0.15) is 5.82 Å². The summed E-state index contributed by atoms with van der Waals surface area (Å²) in [6.45, 7) is 4.01. The lowest BCUT2D eigenvalue weighted by Crippen LogP contribution is -1.91. The first kappa shape index (κ1) is 12.9. The molecule has 0 amide bonds.